The number of halogens is 1. The zero-order valence-corrected chi connectivity index (χ0v) is 19.4. The molecule has 1 aliphatic heterocycles. The van der Waals surface area contributed by atoms with Crippen molar-refractivity contribution >= 4 is 21.8 Å². The fourth-order valence-electron chi connectivity index (χ4n) is 3.74. The predicted octanol–water partition coefficient (Wildman–Crippen LogP) is 2.74. The third-order valence-corrected chi connectivity index (χ3v) is 7.29. The highest BCUT2D eigenvalue weighted by molar-refractivity contribution is 7.90. The van der Waals surface area contributed by atoms with Gasteiger partial charge >= 0.3 is 10.2 Å². The van der Waals surface area contributed by atoms with Gasteiger partial charge in [-0.2, -0.15) is 12.7 Å². The third-order valence-electron chi connectivity index (χ3n) is 5.48. The Labute approximate surface area is 190 Å². The molecule has 2 aromatic carbocycles. The standard InChI is InChI=1S/C23H31FN4O3S/c1-26(2)32(30,31)28(22-12-5-4-11-21(22)24)18-23(29)25-16-19-9-8-10-20(15-19)17-27-13-6-3-7-14-27/h4-5,8-12,15H,3,6-7,13-14,16-18H2,1-2H3,(H,25,29). The lowest BCUT2D eigenvalue weighted by Crippen LogP contribution is -2.46. The molecule has 174 valence electrons. The molecule has 3 rings (SSSR count). The smallest absolute Gasteiger partial charge is 0.304 e. The monoisotopic (exact) mass is 462 g/mol. The number of piperidine rings is 1. The van der Waals surface area contributed by atoms with Crippen LogP contribution in [-0.4, -0.2) is 57.3 Å². The van der Waals surface area contributed by atoms with E-state index in [1.54, 1.807) is 0 Å². The molecule has 1 N–H and O–H groups in total. The summed E-state index contributed by atoms with van der Waals surface area (Å²) in [6.07, 6.45) is 3.74. The normalized spacial score (nSPS) is 15.0. The molecule has 2 aromatic rings. The Balaban J connectivity index is 1.65. The summed E-state index contributed by atoms with van der Waals surface area (Å²) in [7, 11) is -1.37. The summed E-state index contributed by atoms with van der Waals surface area (Å²) in [5, 5.41) is 2.76. The van der Waals surface area contributed by atoms with Crippen molar-refractivity contribution in [2.75, 3.05) is 38.0 Å². The Morgan fingerprint density at radius 2 is 1.72 bits per heavy atom. The second kappa shape index (κ2) is 10.9. The molecule has 1 fully saturated rings. The summed E-state index contributed by atoms with van der Waals surface area (Å²) < 4.78 is 41.5. The Morgan fingerprint density at radius 3 is 2.41 bits per heavy atom. The van der Waals surface area contributed by atoms with Gasteiger partial charge in [0.05, 0.1) is 5.69 Å². The van der Waals surface area contributed by atoms with Crippen molar-refractivity contribution in [2.45, 2.75) is 32.4 Å². The van der Waals surface area contributed by atoms with Gasteiger partial charge < -0.3 is 5.32 Å². The van der Waals surface area contributed by atoms with Crippen LogP contribution in [0.3, 0.4) is 0 Å². The van der Waals surface area contributed by atoms with Gasteiger partial charge in [0.2, 0.25) is 5.91 Å². The van der Waals surface area contributed by atoms with Crippen molar-refractivity contribution < 1.29 is 17.6 Å². The Morgan fingerprint density at radius 1 is 1.03 bits per heavy atom. The molecule has 1 amide bonds. The maximum absolute atomic E-state index is 14.3. The lowest BCUT2D eigenvalue weighted by molar-refractivity contribution is -0.119. The van der Waals surface area contributed by atoms with Crippen LogP contribution in [0.1, 0.15) is 30.4 Å². The average molecular weight is 463 g/mol. The molecule has 1 heterocycles. The van der Waals surface area contributed by atoms with Crippen LogP contribution in [-0.2, 0) is 28.1 Å². The number of rotatable bonds is 9. The molecular weight excluding hydrogens is 431 g/mol. The van der Waals surface area contributed by atoms with Crippen molar-refractivity contribution in [1.29, 1.82) is 0 Å². The number of carbonyl (C=O) groups excluding carboxylic acids is 1. The van der Waals surface area contributed by atoms with Crippen LogP contribution in [0.25, 0.3) is 0 Å². The minimum atomic E-state index is -4.06. The first-order valence-electron chi connectivity index (χ1n) is 10.8. The number of hydrogen-bond acceptors (Lipinski definition) is 4. The SMILES string of the molecule is CN(C)S(=O)(=O)N(CC(=O)NCc1cccc(CN2CCCCC2)c1)c1ccccc1F. The third kappa shape index (κ3) is 6.27. The number of carbonyl (C=O) groups is 1. The van der Waals surface area contributed by atoms with E-state index in [2.05, 4.69) is 22.3 Å². The van der Waals surface area contributed by atoms with Gasteiger partial charge in [-0.25, -0.2) is 8.70 Å². The first-order valence-corrected chi connectivity index (χ1v) is 12.2. The number of anilines is 1. The van der Waals surface area contributed by atoms with E-state index in [-0.39, 0.29) is 12.2 Å². The van der Waals surface area contributed by atoms with Gasteiger partial charge in [0.1, 0.15) is 12.4 Å². The molecule has 0 radical (unpaired) electrons. The number of likely N-dealkylation sites (tertiary alicyclic amines) is 1. The molecule has 0 spiro atoms. The maximum atomic E-state index is 14.3. The number of amides is 1. The van der Waals surface area contributed by atoms with Crippen molar-refractivity contribution in [3.8, 4) is 0 Å². The number of nitrogens with one attached hydrogen (secondary N) is 1. The Bertz CT molecular complexity index is 1020. The summed E-state index contributed by atoms with van der Waals surface area (Å²) in [5.74, 6) is -1.23. The maximum Gasteiger partial charge on any atom is 0.304 e. The van der Waals surface area contributed by atoms with Crippen LogP contribution in [0.4, 0.5) is 10.1 Å². The van der Waals surface area contributed by atoms with Gasteiger partial charge in [0.25, 0.3) is 0 Å². The van der Waals surface area contributed by atoms with Crippen LogP contribution < -0.4 is 9.62 Å². The molecule has 9 heteroatoms. The van der Waals surface area contributed by atoms with Gasteiger partial charge in [-0.05, 0) is 49.2 Å². The highest BCUT2D eigenvalue weighted by Gasteiger charge is 2.29. The summed E-state index contributed by atoms with van der Waals surface area (Å²) in [5.41, 5.74) is 1.95. The van der Waals surface area contributed by atoms with Gasteiger partial charge in [-0.3, -0.25) is 9.69 Å². The van der Waals surface area contributed by atoms with E-state index in [4.69, 9.17) is 0 Å². The quantitative estimate of drug-likeness (QED) is 0.622. The molecule has 0 aromatic heterocycles. The van der Waals surface area contributed by atoms with E-state index in [1.165, 1.54) is 63.2 Å². The topological polar surface area (TPSA) is 73.0 Å². The van der Waals surface area contributed by atoms with E-state index < -0.39 is 28.5 Å². The molecule has 7 nitrogen and oxygen atoms in total. The van der Waals surface area contributed by atoms with Crippen molar-refractivity contribution in [3.05, 3.63) is 65.5 Å². The molecule has 0 bridgehead atoms. The number of benzene rings is 2. The van der Waals surface area contributed by atoms with E-state index in [0.717, 1.165) is 33.8 Å². The van der Waals surface area contributed by atoms with Crippen LogP contribution in [0.5, 0.6) is 0 Å². The predicted molar refractivity (Wildman–Crippen MR) is 124 cm³/mol. The van der Waals surface area contributed by atoms with Crippen LogP contribution in [0, 0.1) is 5.82 Å². The summed E-state index contributed by atoms with van der Waals surface area (Å²) in [6, 6.07) is 13.5. The fourth-order valence-corrected chi connectivity index (χ4v) is 4.81. The second-order valence-corrected chi connectivity index (χ2v) is 10.2. The van der Waals surface area contributed by atoms with Crippen molar-refractivity contribution in [1.82, 2.24) is 14.5 Å². The first-order chi connectivity index (χ1) is 15.3. The number of nitrogens with zero attached hydrogens (tertiary/aromatic N) is 3. The molecule has 0 atom stereocenters. The van der Waals surface area contributed by atoms with E-state index in [1.807, 2.05) is 12.1 Å². The fraction of sp³-hybridized carbons (Fsp3) is 0.435. The zero-order chi connectivity index (χ0) is 23.1. The molecule has 1 saturated heterocycles. The summed E-state index contributed by atoms with van der Waals surface area (Å²) >= 11 is 0. The molecular formula is C23H31FN4O3S. The van der Waals surface area contributed by atoms with Crippen LogP contribution in [0.2, 0.25) is 0 Å². The molecule has 0 aliphatic carbocycles. The first kappa shape index (κ1) is 24.2. The minimum absolute atomic E-state index is 0.167. The largest absolute Gasteiger partial charge is 0.350 e. The van der Waals surface area contributed by atoms with Gasteiger partial charge in [0, 0.05) is 27.2 Å². The minimum Gasteiger partial charge on any atom is -0.350 e. The van der Waals surface area contributed by atoms with E-state index in [0.29, 0.717) is 0 Å². The summed E-state index contributed by atoms with van der Waals surface area (Å²) in [6.45, 7) is 2.83. The number of para-hydroxylation sites is 1. The van der Waals surface area contributed by atoms with Gasteiger partial charge in [-0.1, -0.05) is 42.8 Å². The average Bonchev–Trinajstić information content (AvgIpc) is 2.77. The second-order valence-electron chi connectivity index (χ2n) is 8.18. The Kier molecular flexibility index (Phi) is 8.22. The Hall–Kier alpha value is -2.49. The lowest BCUT2D eigenvalue weighted by atomic mass is 10.1. The lowest BCUT2D eigenvalue weighted by Gasteiger charge is -2.27. The van der Waals surface area contributed by atoms with E-state index >= 15 is 0 Å². The van der Waals surface area contributed by atoms with Crippen LogP contribution in [0.15, 0.2) is 48.5 Å². The van der Waals surface area contributed by atoms with Gasteiger partial charge in [-0.15, -0.1) is 0 Å². The van der Waals surface area contributed by atoms with E-state index in [9.17, 15) is 17.6 Å². The molecule has 0 saturated carbocycles. The molecule has 1 aliphatic rings. The molecule has 0 unspecified atom stereocenters. The van der Waals surface area contributed by atoms with Crippen LogP contribution >= 0.6 is 0 Å². The van der Waals surface area contributed by atoms with Gasteiger partial charge in [0.15, 0.2) is 0 Å². The zero-order valence-electron chi connectivity index (χ0n) is 18.6. The molecule has 32 heavy (non-hydrogen) atoms. The summed E-state index contributed by atoms with van der Waals surface area (Å²) in [4.78, 5) is 15.0. The number of hydrogen-bond donors (Lipinski definition) is 1. The van der Waals surface area contributed by atoms with Crippen molar-refractivity contribution in [2.24, 2.45) is 0 Å². The highest BCUT2D eigenvalue weighted by atomic mass is 32.2. The highest BCUT2D eigenvalue weighted by Crippen LogP contribution is 2.22. The van der Waals surface area contributed by atoms with Crippen molar-refractivity contribution in [3.63, 3.8) is 0 Å².